The topological polar surface area (TPSA) is 79.4 Å². The Bertz CT molecular complexity index is 1120. The summed E-state index contributed by atoms with van der Waals surface area (Å²) in [4.78, 5) is 24.1. The number of nitrogens with zero attached hydrogens (tertiary/aromatic N) is 3. The second-order valence-electron chi connectivity index (χ2n) is 8.01. The number of fused-ring (bicyclic) bond motifs is 3. The maximum absolute atomic E-state index is 12.4. The molecule has 3 heterocycles. The van der Waals surface area contributed by atoms with E-state index in [1.54, 1.807) is 13.3 Å². The number of amides is 1. The van der Waals surface area contributed by atoms with Crippen molar-refractivity contribution in [1.29, 1.82) is 0 Å². The Kier molecular flexibility index (Phi) is 5.26. The molecule has 5 rings (SSSR count). The zero-order valence-corrected chi connectivity index (χ0v) is 17.5. The Morgan fingerprint density at radius 2 is 2.03 bits per heavy atom. The maximum atomic E-state index is 12.4. The van der Waals surface area contributed by atoms with Crippen LogP contribution in [0, 0.1) is 0 Å². The molecule has 7 nitrogen and oxygen atoms in total. The fraction of sp³-hybridized carbons (Fsp3) is 0.292. The number of methoxy groups -OCH3 is 1. The average Bonchev–Trinajstić information content (AvgIpc) is 3.24. The van der Waals surface area contributed by atoms with Crippen LogP contribution in [0.3, 0.4) is 0 Å². The predicted molar refractivity (Wildman–Crippen MR) is 121 cm³/mol. The van der Waals surface area contributed by atoms with E-state index >= 15 is 0 Å². The fourth-order valence-corrected chi connectivity index (χ4v) is 4.22. The van der Waals surface area contributed by atoms with Crippen molar-refractivity contribution in [2.75, 3.05) is 30.8 Å². The van der Waals surface area contributed by atoms with E-state index in [2.05, 4.69) is 32.7 Å². The molecule has 3 aromatic rings. The lowest BCUT2D eigenvalue weighted by Crippen LogP contribution is -2.18. The minimum atomic E-state index is -0.0515. The highest BCUT2D eigenvalue weighted by Crippen LogP contribution is 2.34. The number of likely N-dealkylation sites (tertiary alicyclic amines) is 1. The first-order valence-electron chi connectivity index (χ1n) is 10.6. The summed E-state index contributed by atoms with van der Waals surface area (Å²) in [7, 11) is 1.64. The molecule has 0 aliphatic carbocycles. The highest BCUT2D eigenvalue weighted by Gasteiger charge is 2.22. The summed E-state index contributed by atoms with van der Waals surface area (Å²) >= 11 is 0. The van der Waals surface area contributed by atoms with Gasteiger partial charge in [-0.25, -0.2) is 9.97 Å². The Balaban J connectivity index is 1.51. The second kappa shape index (κ2) is 8.35. The van der Waals surface area contributed by atoms with Crippen molar-refractivity contribution >= 4 is 23.2 Å². The Morgan fingerprint density at radius 1 is 1.16 bits per heavy atom. The van der Waals surface area contributed by atoms with Gasteiger partial charge < -0.3 is 15.4 Å². The molecule has 2 aromatic carbocycles. The van der Waals surface area contributed by atoms with Crippen LogP contribution in [-0.4, -0.2) is 41.0 Å². The van der Waals surface area contributed by atoms with Gasteiger partial charge in [-0.2, -0.15) is 0 Å². The molecule has 0 bridgehead atoms. The van der Waals surface area contributed by atoms with Crippen molar-refractivity contribution in [2.24, 2.45) is 0 Å². The van der Waals surface area contributed by atoms with Crippen molar-refractivity contribution in [3.05, 3.63) is 59.8 Å². The molecular formula is C24H25N5O2. The van der Waals surface area contributed by atoms with Crippen LogP contribution in [0.2, 0.25) is 0 Å². The lowest BCUT2D eigenvalue weighted by Gasteiger charge is -2.17. The molecule has 2 aliphatic heterocycles. The molecule has 0 unspecified atom stereocenters. The second-order valence-corrected chi connectivity index (χ2v) is 8.01. The van der Waals surface area contributed by atoms with Gasteiger partial charge in [0.15, 0.2) is 0 Å². The molecule has 1 saturated heterocycles. The number of carbonyl (C=O) groups excluding carboxylic acids is 1. The van der Waals surface area contributed by atoms with Crippen LogP contribution in [0.4, 0.5) is 17.3 Å². The largest absolute Gasteiger partial charge is 0.497 e. The third-order valence-electron chi connectivity index (χ3n) is 5.76. The Morgan fingerprint density at radius 3 is 2.87 bits per heavy atom. The van der Waals surface area contributed by atoms with E-state index in [1.165, 1.54) is 18.4 Å². The summed E-state index contributed by atoms with van der Waals surface area (Å²) in [6.45, 7) is 3.19. The molecule has 0 saturated carbocycles. The van der Waals surface area contributed by atoms with E-state index in [0.717, 1.165) is 53.6 Å². The van der Waals surface area contributed by atoms with Gasteiger partial charge in [-0.3, -0.25) is 9.69 Å². The van der Waals surface area contributed by atoms with Gasteiger partial charge in [-0.15, -0.1) is 0 Å². The molecule has 31 heavy (non-hydrogen) atoms. The number of carbonyl (C=O) groups is 1. The first-order chi connectivity index (χ1) is 15.2. The van der Waals surface area contributed by atoms with Crippen LogP contribution in [0.1, 0.15) is 24.0 Å². The summed E-state index contributed by atoms with van der Waals surface area (Å²) in [6, 6.07) is 13.9. The monoisotopic (exact) mass is 415 g/mol. The summed E-state index contributed by atoms with van der Waals surface area (Å²) < 4.78 is 5.30. The van der Waals surface area contributed by atoms with Gasteiger partial charge in [0.25, 0.3) is 0 Å². The smallest absolute Gasteiger partial charge is 0.228 e. The molecule has 1 fully saturated rings. The molecule has 1 aromatic heterocycles. The highest BCUT2D eigenvalue weighted by atomic mass is 16.5. The molecule has 2 aliphatic rings. The van der Waals surface area contributed by atoms with Crippen molar-refractivity contribution in [1.82, 2.24) is 14.9 Å². The van der Waals surface area contributed by atoms with Crippen molar-refractivity contribution < 1.29 is 9.53 Å². The molecule has 0 atom stereocenters. The van der Waals surface area contributed by atoms with E-state index in [9.17, 15) is 4.79 Å². The number of rotatable bonds is 5. The minimum Gasteiger partial charge on any atom is -0.497 e. The number of hydrogen-bond acceptors (Lipinski definition) is 6. The van der Waals surface area contributed by atoms with Crippen molar-refractivity contribution in [2.45, 2.75) is 25.8 Å². The van der Waals surface area contributed by atoms with Crippen LogP contribution >= 0.6 is 0 Å². The normalized spacial score (nSPS) is 15.6. The summed E-state index contributed by atoms with van der Waals surface area (Å²) in [5.74, 6) is 1.19. The number of hydrogen-bond donors (Lipinski definition) is 2. The summed E-state index contributed by atoms with van der Waals surface area (Å²) in [5.41, 5.74) is 5.41. The van der Waals surface area contributed by atoms with Crippen LogP contribution < -0.4 is 15.4 Å². The van der Waals surface area contributed by atoms with E-state index in [-0.39, 0.29) is 12.3 Å². The third-order valence-corrected chi connectivity index (χ3v) is 5.76. The summed E-state index contributed by atoms with van der Waals surface area (Å²) in [5, 5.41) is 6.27. The third kappa shape index (κ3) is 4.22. The first-order valence-corrected chi connectivity index (χ1v) is 10.6. The van der Waals surface area contributed by atoms with E-state index < -0.39 is 0 Å². The number of benzene rings is 2. The van der Waals surface area contributed by atoms with E-state index in [4.69, 9.17) is 9.72 Å². The van der Waals surface area contributed by atoms with Gasteiger partial charge in [-0.1, -0.05) is 12.1 Å². The lowest BCUT2D eigenvalue weighted by molar-refractivity contribution is -0.115. The highest BCUT2D eigenvalue weighted by molar-refractivity contribution is 6.00. The first kappa shape index (κ1) is 19.5. The van der Waals surface area contributed by atoms with Gasteiger partial charge in [0.05, 0.1) is 24.9 Å². The molecule has 1 amide bonds. The number of anilines is 3. The van der Waals surface area contributed by atoms with Gasteiger partial charge >= 0.3 is 0 Å². The number of aromatic nitrogens is 2. The van der Waals surface area contributed by atoms with Crippen molar-refractivity contribution in [3.8, 4) is 17.0 Å². The minimum absolute atomic E-state index is 0.0515. The standard InChI is InChI=1S/C24H25N5O2/c1-31-19-6-4-5-18(13-19)26-24-25-14-17-12-22(30)27-21-8-7-16(11-20(21)23(17)28-24)15-29-9-2-3-10-29/h4-8,11,13-14H,2-3,9-10,12,15H2,1H3,(H,27,30)(H,25,26,28). The quantitative estimate of drug-likeness (QED) is 0.656. The molecule has 7 heteroatoms. The van der Waals surface area contributed by atoms with Gasteiger partial charge in [0, 0.05) is 35.6 Å². The maximum Gasteiger partial charge on any atom is 0.228 e. The summed E-state index contributed by atoms with van der Waals surface area (Å²) in [6.07, 6.45) is 4.52. The Labute approximate surface area is 181 Å². The molecule has 0 radical (unpaired) electrons. The molecular weight excluding hydrogens is 390 g/mol. The zero-order valence-electron chi connectivity index (χ0n) is 17.5. The van der Waals surface area contributed by atoms with Crippen LogP contribution in [0.15, 0.2) is 48.7 Å². The van der Waals surface area contributed by atoms with E-state index in [1.807, 2.05) is 30.3 Å². The predicted octanol–water partition coefficient (Wildman–Crippen LogP) is 3.99. The van der Waals surface area contributed by atoms with Gasteiger partial charge in [-0.05, 0) is 55.8 Å². The van der Waals surface area contributed by atoms with Crippen LogP contribution in [0.25, 0.3) is 11.3 Å². The van der Waals surface area contributed by atoms with E-state index in [0.29, 0.717) is 5.95 Å². The number of ether oxygens (including phenoxy) is 1. The zero-order chi connectivity index (χ0) is 21.2. The van der Waals surface area contributed by atoms with Gasteiger partial charge in [0.2, 0.25) is 11.9 Å². The Hall–Kier alpha value is -3.45. The SMILES string of the molecule is COc1cccc(Nc2ncc3c(n2)-c2cc(CN4CCCC4)ccc2NC(=O)C3)c1. The van der Waals surface area contributed by atoms with Gasteiger partial charge in [0.1, 0.15) is 5.75 Å². The average molecular weight is 415 g/mol. The van der Waals surface area contributed by atoms with Crippen LogP contribution in [-0.2, 0) is 17.8 Å². The molecule has 158 valence electrons. The van der Waals surface area contributed by atoms with Crippen LogP contribution in [0.5, 0.6) is 5.75 Å². The lowest BCUT2D eigenvalue weighted by atomic mass is 10.0. The number of nitrogens with one attached hydrogen (secondary N) is 2. The van der Waals surface area contributed by atoms with Crippen molar-refractivity contribution in [3.63, 3.8) is 0 Å². The molecule has 0 spiro atoms. The molecule has 2 N–H and O–H groups in total. The fourth-order valence-electron chi connectivity index (χ4n) is 4.22.